The van der Waals surface area contributed by atoms with Crippen LogP contribution >= 0.6 is 11.3 Å². The molecule has 0 saturated heterocycles. The fraction of sp³-hybridized carbons (Fsp3) is 0.600. The van der Waals surface area contributed by atoms with Gasteiger partial charge in [-0.15, -0.1) is 11.3 Å². The van der Waals surface area contributed by atoms with Crippen LogP contribution in [0.3, 0.4) is 0 Å². The van der Waals surface area contributed by atoms with E-state index in [1.807, 2.05) is 32.7 Å². The van der Waals surface area contributed by atoms with Gasteiger partial charge in [-0.25, -0.2) is 15.8 Å². The number of hydrogen-bond donors (Lipinski definition) is 2. The molecule has 0 saturated carbocycles. The zero-order valence-electron chi connectivity index (χ0n) is 10.2. The first-order valence-corrected chi connectivity index (χ1v) is 6.07. The second-order valence-corrected chi connectivity index (χ2v) is 4.97. The predicted octanol–water partition coefficient (Wildman–Crippen LogP) is 1.11. The van der Waals surface area contributed by atoms with E-state index in [0.29, 0.717) is 12.5 Å². The summed E-state index contributed by atoms with van der Waals surface area (Å²) in [6.07, 6.45) is 0. The van der Waals surface area contributed by atoms with Gasteiger partial charge in [0.25, 0.3) is 0 Å². The molecule has 0 radical (unpaired) electrons. The van der Waals surface area contributed by atoms with E-state index in [1.165, 1.54) is 0 Å². The molecule has 1 rings (SSSR count). The number of hydrogen-bond acceptors (Lipinski definition) is 4. The minimum atomic E-state index is 0.214. The fourth-order valence-electron chi connectivity index (χ4n) is 1.29. The van der Waals surface area contributed by atoms with E-state index in [0.717, 1.165) is 10.7 Å². The number of nitrogens with two attached hydrogens (primary N) is 1. The van der Waals surface area contributed by atoms with Gasteiger partial charge in [0.2, 0.25) is 5.96 Å². The van der Waals surface area contributed by atoms with Crippen molar-refractivity contribution in [1.82, 2.24) is 15.3 Å². The Morgan fingerprint density at radius 1 is 1.69 bits per heavy atom. The second kappa shape index (κ2) is 5.81. The van der Waals surface area contributed by atoms with Gasteiger partial charge in [0.15, 0.2) is 0 Å². The molecule has 1 heterocycles. The van der Waals surface area contributed by atoms with Crippen LogP contribution in [0.15, 0.2) is 10.4 Å². The molecule has 3 N–H and O–H groups in total. The van der Waals surface area contributed by atoms with Crippen LogP contribution in [0, 0.1) is 6.92 Å². The van der Waals surface area contributed by atoms with Crippen LogP contribution < -0.4 is 11.3 Å². The average molecular weight is 241 g/mol. The third-order valence-electron chi connectivity index (χ3n) is 1.94. The number of aromatic nitrogens is 1. The second-order valence-electron chi connectivity index (χ2n) is 3.90. The van der Waals surface area contributed by atoms with Gasteiger partial charge in [0, 0.05) is 18.5 Å². The molecule has 16 heavy (non-hydrogen) atoms. The first-order chi connectivity index (χ1) is 7.52. The van der Waals surface area contributed by atoms with Crippen molar-refractivity contribution in [2.45, 2.75) is 33.4 Å². The van der Waals surface area contributed by atoms with Crippen molar-refractivity contribution in [2.24, 2.45) is 10.8 Å². The number of nitrogens with one attached hydrogen (secondary N) is 1. The molecule has 5 nitrogen and oxygen atoms in total. The highest BCUT2D eigenvalue weighted by molar-refractivity contribution is 7.09. The summed E-state index contributed by atoms with van der Waals surface area (Å²) in [5.41, 5.74) is 3.65. The van der Waals surface area contributed by atoms with E-state index < -0.39 is 0 Å². The minimum absolute atomic E-state index is 0.214. The van der Waals surface area contributed by atoms with Crippen LogP contribution in [-0.2, 0) is 6.54 Å². The molecular formula is C10H19N5S. The standard InChI is InChI=1S/C10H19N5S/c1-7(2)12-10(14-11)15(4)5-9-6-16-8(3)13-9/h6-7H,5,11H2,1-4H3,(H,12,14). The Morgan fingerprint density at radius 2 is 2.38 bits per heavy atom. The highest BCUT2D eigenvalue weighted by atomic mass is 32.1. The Balaban J connectivity index is 2.66. The molecule has 0 amide bonds. The van der Waals surface area contributed by atoms with Crippen LogP contribution in [0.1, 0.15) is 24.5 Å². The van der Waals surface area contributed by atoms with Crippen LogP contribution in [-0.4, -0.2) is 28.9 Å². The van der Waals surface area contributed by atoms with E-state index >= 15 is 0 Å². The lowest BCUT2D eigenvalue weighted by Crippen LogP contribution is -2.43. The number of aliphatic imine (C=N–C) groups is 1. The Hall–Kier alpha value is -1.14. The number of thiazole rings is 1. The van der Waals surface area contributed by atoms with Crippen molar-refractivity contribution in [3.8, 4) is 0 Å². The van der Waals surface area contributed by atoms with Crippen LogP contribution in [0.5, 0.6) is 0 Å². The zero-order valence-corrected chi connectivity index (χ0v) is 11.0. The predicted molar refractivity (Wildman–Crippen MR) is 68.2 cm³/mol. The number of rotatable bonds is 3. The van der Waals surface area contributed by atoms with E-state index in [4.69, 9.17) is 5.84 Å². The van der Waals surface area contributed by atoms with Crippen molar-refractivity contribution < 1.29 is 0 Å². The molecule has 0 fully saturated rings. The molecule has 6 heteroatoms. The lowest BCUT2D eigenvalue weighted by molar-refractivity contribution is 0.468. The molecular weight excluding hydrogens is 222 g/mol. The lowest BCUT2D eigenvalue weighted by atomic mass is 10.4. The van der Waals surface area contributed by atoms with Gasteiger partial charge in [-0.3, -0.25) is 5.43 Å². The SMILES string of the molecule is Cc1nc(CN(C)C(=NC(C)C)NN)cs1. The number of nitrogens with zero attached hydrogens (tertiary/aromatic N) is 3. The van der Waals surface area contributed by atoms with E-state index in [-0.39, 0.29) is 6.04 Å². The lowest BCUT2D eigenvalue weighted by Gasteiger charge is -2.20. The molecule has 1 aromatic heterocycles. The molecule has 0 aliphatic heterocycles. The van der Waals surface area contributed by atoms with Gasteiger partial charge in [-0.2, -0.15) is 0 Å². The van der Waals surface area contributed by atoms with Crippen LogP contribution in [0.4, 0.5) is 0 Å². The average Bonchev–Trinajstić information content (AvgIpc) is 2.60. The summed E-state index contributed by atoms with van der Waals surface area (Å²) in [4.78, 5) is 10.7. The number of hydrazine groups is 1. The van der Waals surface area contributed by atoms with Gasteiger partial charge in [0.05, 0.1) is 17.2 Å². The van der Waals surface area contributed by atoms with Gasteiger partial charge in [-0.05, 0) is 20.8 Å². The maximum Gasteiger partial charge on any atom is 0.208 e. The Kier molecular flexibility index (Phi) is 4.70. The highest BCUT2D eigenvalue weighted by Gasteiger charge is 2.08. The molecule has 0 bridgehead atoms. The number of guanidine groups is 1. The molecule has 1 aromatic rings. The van der Waals surface area contributed by atoms with Crippen molar-refractivity contribution in [2.75, 3.05) is 7.05 Å². The first-order valence-electron chi connectivity index (χ1n) is 5.19. The number of aryl methyl sites for hydroxylation is 1. The van der Waals surface area contributed by atoms with E-state index in [2.05, 4.69) is 20.8 Å². The Morgan fingerprint density at radius 3 is 2.81 bits per heavy atom. The van der Waals surface area contributed by atoms with Crippen LogP contribution in [0.25, 0.3) is 0 Å². The third kappa shape index (κ3) is 3.79. The van der Waals surface area contributed by atoms with E-state index in [1.54, 1.807) is 11.3 Å². The summed E-state index contributed by atoms with van der Waals surface area (Å²) in [7, 11) is 1.94. The normalized spacial score (nSPS) is 12.0. The minimum Gasteiger partial charge on any atom is -0.339 e. The zero-order chi connectivity index (χ0) is 12.1. The maximum absolute atomic E-state index is 5.44. The molecule has 0 spiro atoms. The summed E-state index contributed by atoms with van der Waals surface area (Å²) in [5.74, 6) is 6.12. The Labute approximate surface area is 100 Å². The third-order valence-corrected chi connectivity index (χ3v) is 2.76. The molecule has 0 unspecified atom stereocenters. The highest BCUT2D eigenvalue weighted by Crippen LogP contribution is 2.09. The topological polar surface area (TPSA) is 66.5 Å². The van der Waals surface area contributed by atoms with Crippen molar-refractivity contribution in [3.63, 3.8) is 0 Å². The van der Waals surface area contributed by atoms with Crippen molar-refractivity contribution >= 4 is 17.3 Å². The van der Waals surface area contributed by atoms with Gasteiger partial charge < -0.3 is 4.90 Å². The van der Waals surface area contributed by atoms with Gasteiger partial charge in [0.1, 0.15) is 0 Å². The summed E-state index contributed by atoms with van der Waals surface area (Å²) < 4.78 is 0. The molecule has 0 aliphatic carbocycles. The Bertz CT molecular complexity index is 358. The van der Waals surface area contributed by atoms with Crippen LogP contribution in [0.2, 0.25) is 0 Å². The molecule has 90 valence electrons. The molecule has 0 aromatic carbocycles. The smallest absolute Gasteiger partial charge is 0.208 e. The van der Waals surface area contributed by atoms with Crippen molar-refractivity contribution in [1.29, 1.82) is 0 Å². The molecule has 0 aliphatic rings. The van der Waals surface area contributed by atoms with Gasteiger partial charge >= 0.3 is 0 Å². The first kappa shape index (κ1) is 12.9. The van der Waals surface area contributed by atoms with E-state index in [9.17, 15) is 0 Å². The fourth-order valence-corrected chi connectivity index (χ4v) is 1.89. The van der Waals surface area contributed by atoms with Gasteiger partial charge in [-0.1, -0.05) is 0 Å². The summed E-state index contributed by atoms with van der Waals surface area (Å²) in [5, 5.41) is 3.13. The molecule has 0 atom stereocenters. The quantitative estimate of drug-likeness (QED) is 0.360. The summed E-state index contributed by atoms with van der Waals surface area (Å²) in [6, 6.07) is 0.214. The van der Waals surface area contributed by atoms with Crippen molar-refractivity contribution in [3.05, 3.63) is 16.1 Å². The maximum atomic E-state index is 5.44. The summed E-state index contributed by atoms with van der Waals surface area (Å²) >= 11 is 1.65. The largest absolute Gasteiger partial charge is 0.339 e. The monoisotopic (exact) mass is 241 g/mol. The summed E-state index contributed by atoms with van der Waals surface area (Å²) in [6.45, 7) is 6.73.